The van der Waals surface area contributed by atoms with Crippen LogP contribution in [0.4, 0.5) is 0 Å². The molecule has 0 unspecified atom stereocenters. The van der Waals surface area contributed by atoms with Crippen molar-refractivity contribution in [3.8, 4) is 0 Å². The number of hydrogen-bond donors (Lipinski definition) is 2. The monoisotopic (exact) mass is 234 g/mol. The second kappa shape index (κ2) is 5.40. The van der Waals surface area contributed by atoms with Crippen LogP contribution in [0.25, 0.3) is 0 Å². The first kappa shape index (κ1) is 12.4. The Balaban J connectivity index is 2.81. The number of carboxylic acid groups (broad SMARTS) is 1. The van der Waals surface area contributed by atoms with Gasteiger partial charge in [0.15, 0.2) is 0 Å². The average Bonchev–Trinajstić information content (AvgIpc) is 2.29. The van der Waals surface area contributed by atoms with Crippen LogP contribution in [0.3, 0.4) is 0 Å². The fourth-order valence-corrected chi connectivity index (χ4v) is 1.01. The molecule has 0 aromatic heterocycles. The molecule has 7 nitrogen and oxygen atoms in total. The quantitative estimate of drug-likeness (QED) is 0.356. The normalized spacial score (nSPS) is 10.1. The first-order chi connectivity index (χ1) is 8.02. The highest BCUT2D eigenvalue weighted by molar-refractivity contribution is 6.34. The molecule has 0 saturated carbocycles. The van der Waals surface area contributed by atoms with Gasteiger partial charge in [0.05, 0.1) is 12.2 Å². The van der Waals surface area contributed by atoms with E-state index in [4.69, 9.17) is 0 Å². The lowest BCUT2D eigenvalue weighted by Gasteiger charge is -2.05. The van der Waals surface area contributed by atoms with Crippen LogP contribution in [0.1, 0.15) is 15.9 Å². The highest BCUT2D eigenvalue weighted by Gasteiger charge is 2.05. The largest absolute Gasteiger partial charge is 0.545 e. The topological polar surface area (TPSA) is 125 Å². The molecule has 0 spiro atoms. The van der Waals surface area contributed by atoms with Gasteiger partial charge in [0.1, 0.15) is 0 Å². The van der Waals surface area contributed by atoms with E-state index < -0.39 is 17.8 Å². The molecule has 0 heterocycles. The fourth-order valence-electron chi connectivity index (χ4n) is 1.01. The number of hydrazone groups is 1. The third kappa shape index (κ3) is 3.42. The third-order valence-corrected chi connectivity index (χ3v) is 1.77. The van der Waals surface area contributed by atoms with E-state index in [1.807, 2.05) is 5.43 Å². The van der Waals surface area contributed by atoms with Crippen molar-refractivity contribution in [3.05, 3.63) is 35.4 Å². The van der Waals surface area contributed by atoms with Gasteiger partial charge in [0, 0.05) is 11.1 Å². The van der Waals surface area contributed by atoms with E-state index in [0.29, 0.717) is 0 Å². The molecule has 88 valence electrons. The Morgan fingerprint density at radius 2 is 1.94 bits per heavy atom. The second-order valence-electron chi connectivity index (χ2n) is 2.94. The maximum absolute atomic E-state index is 10.7. The van der Waals surface area contributed by atoms with Crippen LogP contribution < -0.4 is 16.3 Å². The lowest BCUT2D eigenvalue weighted by atomic mass is 10.1. The van der Waals surface area contributed by atoms with Crippen LogP contribution in [0.5, 0.6) is 0 Å². The molecular weight excluding hydrogens is 226 g/mol. The summed E-state index contributed by atoms with van der Waals surface area (Å²) >= 11 is 0. The zero-order valence-electron chi connectivity index (χ0n) is 8.54. The highest BCUT2D eigenvalue weighted by atomic mass is 16.4. The molecule has 0 atom stereocenters. The number of aromatic carboxylic acids is 1. The van der Waals surface area contributed by atoms with Crippen LogP contribution in [-0.4, -0.2) is 24.0 Å². The van der Waals surface area contributed by atoms with Crippen molar-refractivity contribution >= 4 is 24.0 Å². The minimum Gasteiger partial charge on any atom is -0.545 e. The highest BCUT2D eigenvalue weighted by Crippen LogP contribution is 2.04. The number of nitrogens with zero attached hydrogens (tertiary/aromatic N) is 1. The maximum atomic E-state index is 10.7. The van der Waals surface area contributed by atoms with E-state index in [-0.39, 0.29) is 11.1 Å². The zero-order valence-corrected chi connectivity index (χ0v) is 8.54. The summed E-state index contributed by atoms with van der Waals surface area (Å²) in [6.07, 6.45) is 1.08. The number of carbonyl (C=O) groups excluding carboxylic acids is 3. The number of nitrogens with two attached hydrogens (primary N) is 1. The molecule has 0 aliphatic heterocycles. The summed E-state index contributed by atoms with van der Waals surface area (Å²) in [6.45, 7) is 0. The number of carbonyl (C=O) groups is 3. The summed E-state index contributed by atoms with van der Waals surface area (Å²) in [7, 11) is 0. The van der Waals surface area contributed by atoms with E-state index in [2.05, 4.69) is 10.8 Å². The molecule has 1 rings (SSSR count). The van der Waals surface area contributed by atoms with Gasteiger partial charge in [-0.2, -0.15) is 5.10 Å². The van der Waals surface area contributed by atoms with Crippen molar-refractivity contribution in [2.45, 2.75) is 0 Å². The molecule has 0 fully saturated rings. The number of nitrogens with one attached hydrogen (secondary N) is 1. The number of amides is 2. The summed E-state index contributed by atoms with van der Waals surface area (Å²) in [5, 5.41) is 14.1. The summed E-state index contributed by atoms with van der Waals surface area (Å²) in [5.74, 6) is -3.64. The Labute approximate surface area is 95.9 Å². The van der Waals surface area contributed by atoms with Crippen molar-refractivity contribution in [2.75, 3.05) is 0 Å². The molecule has 7 heteroatoms. The first-order valence-electron chi connectivity index (χ1n) is 4.45. The molecule has 0 radical (unpaired) electrons. The Kier molecular flexibility index (Phi) is 3.93. The van der Waals surface area contributed by atoms with Gasteiger partial charge in [0.2, 0.25) is 0 Å². The van der Waals surface area contributed by atoms with E-state index >= 15 is 0 Å². The SMILES string of the molecule is NC(=O)C(=O)N/N=C\c1ccccc1C(=O)[O-]. The summed E-state index contributed by atoms with van der Waals surface area (Å²) in [5.41, 5.74) is 6.66. The van der Waals surface area contributed by atoms with Crippen molar-refractivity contribution in [1.29, 1.82) is 0 Å². The van der Waals surface area contributed by atoms with Crippen LogP contribution in [0.15, 0.2) is 29.4 Å². The van der Waals surface area contributed by atoms with Crippen LogP contribution >= 0.6 is 0 Å². The van der Waals surface area contributed by atoms with Crippen LogP contribution in [0.2, 0.25) is 0 Å². The van der Waals surface area contributed by atoms with E-state index in [1.165, 1.54) is 18.2 Å². The average molecular weight is 234 g/mol. The predicted molar refractivity (Wildman–Crippen MR) is 55.7 cm³/mol. The van der Waals surface area contributed by atoms with Gasteiger partial charge < -0.3 is 15.6 Å². The van der Waals surface area contributed by atoms with Gasteiger partial charge in [-0.15, -0.1) is 0 Å². The van der Waals surface area contributed by atoms with E-state index in [0.717, 1.165) is 6.21 Å². The van der Waals surface area contributed by atoms with Crippen molar-refractivity contribution in [2.24, 2.45) is 10.8 Å². The maximum Gasteiger partial charge on any atom is 0.329 e. The Morgan fingerprint density at radius 1 is 1.29 bits per heavy atom. The Hall–Kier alpha value is -2.70. The number of hydrogen-bond acceptors (Lipinski definition) is 5. The molecule has 0 aliphatic rings. The second-order valence-corrected chi connectivity index (χ2v) is 2.94. The minimum absolute atomic E-state index is 0.0791. The fraction of sp³-hybridized carbons (Fsp3) is 0. The smallest absolute Gasteiger partial charge is 0.329 e. The molecule has 1 aromatic rings. The summed E-state index contributed by atoms with van der Waals surface area (Å²) < 4.78 is 0. The van der Waals surface area contributed by atoms with Gasteiger partial charge in [-0.1, -0.05) is 24.3 Å². The van der Waals surface area contributed by atoms with Crippen LogP contribution in [-0.2, 0) is 9.59 Å². The molecule has 0 bridgehead atoms. The molecule has 0 saturated heterocycles. The number of primary amides is 1. The first-order valence-corrected chi connectivity index (χ1v) is 4.45. The van der Waals surface area contributed by atoms with Gasteiger partial charge in [-0.3, -0.25) is 9.59 Å². The lowest BCUT2D eigenvalue weighted by Crippen LogP contribution is -2.33. The van der Waals surface area contributed by atoms with E-state index in [1.54, 1.807) is 6.07 Å². The lowest BCUT2D eigenvalue weighted by molar-refractivity contribution is -0.255. The van der Waals surface area contributed by atoms with Crippen LogP contribution in [0, 0.1) is 0 Å². The van der Waals surface area contributed by atoms with E-state index in [9.17, 15) is 19.5 Å². The number of rotatable bonds is 3. The molecule has 0 aliphatic carbocycles. The molecule has 2 amide bonds. The summed E-state index contributed by atoms with van der Waals surface area (Å²) in [4.78, 5) is 31.8. The molecular formula is C10H8N3O4-. The number of benzene rings is 1. The van der Waals surface area contributed by atoms with Gasteiger partial charge in [0.25, 0.3) is 0 Å². The van der Waals surface area contributed by atoms with Gasteiger partial charge in [-0.25, -0.2) is 5.43 Å². The minimum atomic E-state index is -1.37. The van der Waals surface area contributed by atoms with Crippen molar-refractivity contribution in [1.82, 2.24) is 5.43 Å². The van der Waals surface area contributed by atoms with Crippen molar-refractivity contribution < 1.29 is 19.5 Å². The molecule has 1 aromatic carbocycles. The van der Waals surface area contributed by atoms with Gasteiger partial charge in [-0.05, 0) is 0 Å². The Bertz CT molecular complexity index is 496. The predicted octanol–water partition coefficient (Wildman–Crippen LogP) is -2.01. The standard InChI is InChI=1S/C10H9N3O4/c11-8(14)9(15)13-12-5-6-3-1-2-4-7(6)10(16)17/h1-5H,(H2,11,14)(H,13,15)(H,16,17)/p-1/b12-5-. The molecule has 3 N–H and O–H groups in total. The summed E-state index contributed by atoms with van der Waals surface area (Å²) in [6, 6.07) is 5.89. The third-order valence-electron chi connectivity index (χ3n) is 1.77. The van der Waals surface area contributed by atoms with Crippen molar-refractivity contribution in [3.63, 3.8) is 0 Å². The Morgan fingerprint density at radius 3 is 2.53 bits per heavy atom. The zero-order chi connectivity index (χ0) is 12.8. The van der Waals surface area contributed by atoms with Gasteiger partial charge >= 0.3 is 11.8 Å². The number of carboxylic acids is 1. The molecule has 17 heavy (non-hydrogen) atoms.